The number of benzene rings is 1. The largest absolute Gasteiger partial charge is 0.480 e. The van der Waals surface area contributed by atoms with Gasteiger partial charge in [-0.05, 0) is 17.5 Å². The fourth-order valence-corrected chi connectivity index (χ4v) is 2.47. The van der Waals surface area contributed by atoms with Gasteiger partial charge in [0.15, 0.2) is 6.10 Å². The third-order valence-electron chi connectivity index (χ3n) is 3.45. The Morgan fingerprint density at radius 1 is 1.43 bits per heavy atom. The standard InChI is InChI=1S/C16H19N3O2/c1-11(2)10-19-15(7-8-17-19)18-16(20)14-9-12-5-3-4-6-13(12)21-14/h3-8,11,14H,9-10H2,1-2H3,(H,18,20). The molecule has 2 heterocycles. The maximum absolute atomic E-state index is 12.3. The van der Waals surface area contributed by atoms with Gasteiger partial charge < -0.3 is 10.1 Å². The van der Waals surface area contributed by atoms with Crippen molar-refractivity contribution in [3.8, 4) is 5.75 Å². The highest BCUT2D eigenvalue weighted by atomic mass is 16.5. The first kappa shape index (κ1) is 13.7. The molecular weight excluding hydrogens is 266 g/mol. The molecule has 110 valence electrons. The predicted molar refractivity (Wildman–Crippen MR) is 80.3 cm³/mol. The highest BCUT2D eigenvalue weighted by Crippen LogP contribution is 2.28. The van der Waals surface area contributed by atoms with E-state index >= 15 is 0 Å². The van der Waals surface area contributed by atoms with E-state index in [0.717, 1.165) is 17.9 Å². The van der Waals surface area contributed by atoms with Crippen LogP contribution in [0.3, 0.4) is 0 Å². The van der Waals surface area contributed by atoms with Crippen LogP contribution >= 0.6 is 0 Å². The van der Waals surface area contributed by atoms with E-state index in [9.17, 15) is 4.79 Å². The van der Waals surface area contributed by atoms with E-state index in [0.29, 0.717) is 18.2 Å². The molecule has 0 aliphatic carbocycles. The molecule has 0 bridgehead atoms. The van der Waals surface area contributed by atoms with Crippen LogP contribution in [0.4, 0.5) is 5.82 Å². The summed E-state index contributed by atoms with van der Waals surface area (Å²) >= 11 is 0. The first-order valence-corrected chi connectivity index (χ1v) is 7.20. The summed E-state index contributed by atoms with van der Waals surface area (Å²) in [5, 5.41) is 7.15. The smallest absolute Gasteiger partial charge is 0.266 e. The number of para-hydroxylation sites is 1. The van der Waals surface area contributed by atoms with Gasteiger partial charge in [0, 0.05) is 19.0 Å². The molecule has 1 atom stereocenters. The maximum atomic E-state index is 12.3. The number of amides is 1. The van der Waals surface area contributed by atoms with Crippen LogP contribution in [0, 0.1) is 5.92 Å². The summed E-state index contributed by atoms with van der Waals surface area (Å²) in [6.07, 6.45) is 1.84. The van der Waals surface area contributed by atoms with Crippen LogP contribution in [0.5, 0.6) is 5.75 Å². The van der Waals surface area contributed by atoms with Crippen molar-refractivity contribution < 1.29 is 9.53 Å². The maximum Gasteiger partial charge on any atom is 0.266 e. The fourth-order valence-electron chi connectivity index (χ4n) is 2.47. The molecule has 0 saturated heterocycles. The van der Waals surface area contributed by atoms with Crippen LogP contribution in [0.25, 0.3) is 0 Å². The summed E-state index contributed by atoms with van der Waals surface area (Å²) in [6, 6.07) is 9.57. The minimum absolute atomic E-state index is 0.128. The van der Waals surface area contributed by atoms with Crippen LogP contribution in [0.2, 0.25) is 0 Å². The van der Waals surface area contributed by atoms with Gasteiger partial charge >= 0.3 is 0 Å². The molecule has 5 nitrogen and oxygen atoms in total. The zero-order valence-corrected chi connectivity index (χ0v) is 12.2. The number of carbonyl (C=O) groups is 1. The van der Waals surface area contributed by atoms with Gasteiger partial charge in [-0.25, -0.2) is 4.68 Å². The van der Waals surface area contributed by atoms with Crippen LogP contribution in [0.15, 0.2) is 36.5 Å². The third kappa shape index (κ3) is 2.91. The van der Waals surface area contributed by atoms with Crippen molar-refractivity contribution in [1.29, 1.82) is 0 Å². The summed E-state index contributed by atoms with van der Waals surface area (Å²) < 4.78 is 7.51. The van der Waals surface area contributed by atoms with Gasteiger partial charge in [-0.15, -0.1) is 0 Å². The lowest BCUT2D eigenvalue weighted by molar-refractivity contribution is -0.122. The van der Waals surface area contributed by atoms with Crippen LogP contribution in [0.1, 0.15) is 19.4 Å². The average molecular weight is 285 g/mol. The molecule has 0 radical (unpaired) electrons. The number of carbonyl (C=O) groups excluding carboxylic acids is 1. The van der Waals surface area contributed by atoms with Gasteiger partial charge in [0.25, 0.3) is 5.91 Å². The molecule has 0 saturated carbocycles. The van der Waals surface area contributed by atoms with E-state index in [4.69, 9.17) is 4.74 Å². The molecule has 0 spiro atoms. The first-order chi connectivity index (χ1) is 10.1. The van der Waals surface area contributed by atoms with E-state index < -0.39 is 6.10 Å². The number of fused-ring (bicyclic) bond motifs is 1. The van der Waals surface area contributed by atoms with Crippen molar-refractivity contribution in [2.75, 3.05) is 5.32 Å². The molecule has 0 fully saturated rings. The van der Waals surface area contributed by atoms with Crippen molar-refractivity contribution in [2.24, 2.45) is 5.92 Å². The molecule has 1 unspecified atom stereocenters. The van der Waals surface area contributed by atoms with Gasteiger partial charge in [-0.3, -0.25) is 4.79 Å². The topological polar surface area (TPSA) is 56.2 Å². The van der Waals surface area contributed by atoms with Gasteiger partial charge in [-0.1, -0.05) is 32.0 Å². The summed E-state index contributed by atoms with van der Waals surface area (Å²) in [6.45, 7) is 5.00. The third-order valence-corrected chi connectivity index (χ3v) is 3.45. The lowest BCUT2D eigenvalue weighted by Crippen LogP contribution is -2.32. The molecule has 1 aromatic carbocycles. The zero-order valence-electron chi connectivity index (χ0n) is 12.2. The van der Waals surface area contributed by atoms with Gasteiger partial charge in [0.2, 0.25) is 0 Å². The lowest BCUT2D eigenvalue weighted by atomic mass is 10.1. The Hall–Kier alpha value is -2.30. The number of aromatic nitrogens is 2. The Balaban J connectivity index is 1.67. The first-order valence-electron chi connectivity index (χ1n) is 7.20. The number of anilines is 1. The highest BCUT2D eigenvalue weighted by Gasteiger charge is 2.29. The number of rotatable bonds is 4. The second-order valence-electron chi connectivity index (χ2n) is 5.70. The van der Waals surface area contributed by atoms with Gasteiger partial charge in [0.05, 0.1) is 6.20 Å². The molecule has 1 amide bonds. The molecule has 3 rings (SSSR count). The molecular formula is C16H19N3O2. The van der Waals surface area contributed by atoms with E-state index in [-0.39, 0.29) is 5.91 Å². The second-order valence-corrected chi connectivity index (χ2v) is 5.70. The second kappa shape index (κ2) is 5.60. The molecule has 1 aliphatic heterocycles. The Bertz CT molecular complexity index is 623. The predicted octanol–water partition coefficient (Wildman–Crippen LogP) is 2.48. The Labute approximate surface area is 123 Å². The summed E-state index contributed by atoms with van der Waals surface area (Å²) in [7, 11) is 0. The fraction of sp³-hybridized carbons (Fsp3) is 0.375. The summed E-state index contributed by atoms with van der Waals surface area (Å²) in [4.78, 5) is 12.3. The molecule has 1 aliphatic rings. The number of hydrogen-bond donors (Lipinski definition) is 1. The number of hydrogen-bond acceptors (Lipinski definition) is 3. The Morgan fingerprint density at radius 2 is 2.24 bits per heavy atom. The molecule has 1 N–H and O–H groups in total. The minimum Gasteiger partial charge on any atom is -0.480 e. The molecule has 5 heteroatoms. The number of ether oxygens (including phenoxy) is 1. The molecule has 1 aromatic heterocycles. The number of nitrogens with zero attached hydrogens (tertiary/aromatic N) is 2. The van der Waals surface area contributed by atoms with E-state index in [1.165, 1.54) is 0 Å². The van der Waals surface area contributed by atoms with Crippen molar-refractivity contribution in [3.05, 3.63) is 42.1 Å². The summed E-state index contributed by atoms with van der Waals surface area (Å²) in [5.41, 5.74) is 1.08. The zero-order chi connectivity index (χ0) is 14.8. The van der Waals surface area contributed by atoms with Crippen LogP contribution in [-0.2, 0) is 17.8 Å². The van der Waals surface area contributed by atoms with Gasteiger partial charge in [0.1, 0.15) is 11.6 Å². The molecule has 2 aromatic rings. The normalized spacial score (nSPS) is 16.6. The monoisotopic (exact) mass is 285 g/mol. The van der Waals surface area contributed by atoms with Gasteiger partial charge in [-0.2, -0.15) is 5.10 Å². The van der Waals surface area contributed by atoms with Crippen molar-refractivity contribution in [2.45, 2.75) is 32.9 Å². The SMILES string of the molecule is CC(C)Cn1nccc1NC(=O)C1Cc2ccccc2O1. The lowest BCUT2D eigenvalue weighted by Gasteiger charge is -2.13. The molecule has 21 heavy (non-hydrogen) atoms. The van der Waals surface area contributed by atoms with E-state index in [1.54, 1.807) is 6.20 Å². The average Bonchev–Trinajstić information content (AvgIpc) is 3.05. The minimum atomic E-state index is -0.468. The number of nitrogens with one attached hydrogen (secondary N) is 1. The highest BCUT2D eigenvalue weighted by molar-refractivity contribution is 5.94. The van der Waals surface area contributed by atoms with Crippen LogP contribution < -0.4 is 10.1 Å². The Kier molecular flexibility index (Phi) is 3.64. The van der Waals surface area contributed by atoms with E-state index in [1.807, 2.05) is 35.0 Å². The quantitative estimate of drug-likeness (QED) is 0.939. The van der Waals surface area contributed by atoms with Crippen LogP contribution in [-0.4, -0.2) is 21.8 Å². The van der Waals surface area contributed by atoms with E-state index in [2.05, 4.69) is 24.3 Å². The Morgan fingerprint density at radius 3 is 3.00 bits per heavy atom. The van der Waals surface area contributed by atoms with Crippen molar-refractivity contribution in [3.63, 3.8) is 0 Å². The van der Waals surface area contributed by atoms with Crippen molar-refractivity contribution in [1.82, 2.24) is 9.78 Å². The van der Waals surface area contributed by atoms with Crippen molar-refractivity contribution >= 4 is 11.7 Å². The summed E-state index contributed by atoms with van der Waals surface area (Å²) in [5.74, 6) is 1.85.